The molecular formula is C16H30N2O2. The molecule has 1 saturated heterocycles. The zero-order valence-electron chi connectivity index (χ0n) is 13.4. The van der Waals surface area contributed by atoms with Crippen molar-refractivity contribution >= 4 is 5.91 Å². The molecule has 1 aliphatic heterocycles. The lowest BCUT2D eigenvalue weighted by Gasteiger charge is -2.46. The molecule has 0 aromatic heterocycles. The molecule has 2 fully saturated rings. The monoisotopic (exact) mass is 282 g/mol. The molecule has 1 aliphatic carbocycles. The van der Waals surface area contributed by atoms with Gasteiger partial charge in [-0.15, -0.1) is 0 Å². The molecule has 4 heteroatoms. The van der Waals surface area contributed by atoms with Crippen molar-refractivity contribution in [2.75, 3.05) is 20.2 Å². The first-order chi connectivity index (χ1) is 9.41. The highest BCUT2D eigenvalue weighted by Gasteiger charge is 2.46. The van der Waals surface area contributed by atoms with Crippen molar-refractivity contribution in [3.05, 3.63) is 0 Å². The fourth-order valence-corrected chi connectivity index (χ4v) is 4.03. The molecule has 0 aromatic carbocycles. The maximum atomic E-state index is 12.7. The van der Waals surface area contributed by atoms with E-state index in [4.69, 9.17) is 0 Å². The van der Waals surface area contributed by atoms with Crippen molar-refractivity contribution < 1.29 is 9.90 Å². The molecule has 1 heterocycles. The average molecular weight is 282 g/mol. The molecule has 1 amide bonds. The number of piperidine rings is 1. The molecule has 4 nitrogen and oxygen atoms in total. The predicted octanol–water partition coefficient (Wildman–Crippen LogP) is 1.87. The fourth-order valence-electron chi connectivity index (χ4n) is 4.03. The number of carbonyl (C=O) groups is 1. The van der Waals surface area contributed by atoms with Crippen LogP contribution in [0.25, 0.3) is 0 Å². The molecule has 20 heavy (non-hydrogen) atoms. The molecule has 2 rings (SSSR count). The van der Waals surface area contributed by atoms with Gasteiger partial charge in [0.05, 0.1) is 12.6 Å². The average Bonchev–Trinajstić information content (AvgIpc) is 2.81. The highest BCUT2D eigenvalue weighted by molar-refractivity contribution is 5.83. The smallest absolute Gasteiger partial charge is 0.240 e. The summed E-state index contributed by atoms with van der Waals surface area (Å²) in [4.78, 5) is 16.9. The molecule has 0 spiro atoms. The Balaban J connectivity index is 2.15. The van der Waals surface area contributed by atoms with Gasteiger partial charge in [0.15, 0.2) is 0 Å². The highest BCUT2D eigenvalue weighted by Crippen LogP contribution is 2.40. The van der Waals surface area contributed by atoms with Crippen LogP contribution in [0.1, 0.15) is 52.9 Å². The molecule has 0 aromatic rings. The van der Waals surface area contributed by atoms with Crippen LogP contribution in [-0.4, -0.2) is 58.6 Å². The minimum atomic E-state index is -0.181. The molecule has 0 unspecified atom stereocenters. The molecular weight excluding hydrogens is 252 g/mol. The topological polar surface area (TPSA) is 43.8 Å². The van der Waals surface area contributed by atoms with Crippen molar-refractivity contribution in [2.24, 2.45) is 5.92 Å². The van der Waals surface area contributed by atoms with E-state index in [9.17, 15) is 9.90 Å². The lowest BCUT2D eigenvalue weighted by molar-refractivity contribution is -0.145. The quantitative estimate of drug-likeness (QED) is 0.856. The number of hydrogen-bond donors (Lipinski definition) is 1. The SMILES string of the molecule is CC(C)N1CCC[C@H](N(C)[C@@]2(CO)CC[C@@H](C)C2)C1=O. The van der Waals surface area contributed by atoms with E-state index in [1.54, 1.807) is 0 Å². The number of rotatable bonds is 4. The standard InChI is InChI=1S/C16H30N2O2/c1-12(2)18-9-5-6-14(15(18)20)17(4)16(11-19)8-7-13(3)10-16/h12-14,19H,5-11H2,1-4H3/t13-,14+,16+/m1/s1. The van der Waals surface area contributed by atoms with Gasteiger partial charge in [0, 0.05) is 18.1 Å². The number of hydrogen-bond acceptors (Lipinski definition) is 3. The third kappa shape index (κ3) is 2.73. The van der Waals surface area contributed by atoms with Crippen LogP contribution in [0.5, 0.6) is 0 Å². The number of carbonyl (C=O) groups excluding carboxylic acids is 1. The lowest BCUT2D eigenvalue weighted by Crippen LogP contribution is -2.60. The van der Waals surface area contributed by atoms with E-state index in [0.717, 1.165) is 38.6 Å². The highest BCUT2D eigenvalue weighted by atomic mass is 16.3. The van der Waals surface area contributed by atoms with Crippen molar-refractivity contribution in [1.82, 2.24) is 9.80 Å². The molecule has 0 bridgehead atoms. The van der Waals surface area contributed by atoms with Gasteiger partial charge in [-0.3, -0.25) is 9.69 Å². The van der Waals surface area contributed by atoms with Crippen LogP contribution in [0.4, 0.5) is 0 Å². The Kier molecular flexibility index (Phi) is 4.75. The van der Waals surface area contributed by atoms with E-state index >= 15 is 0 Å². The van der Waals surface area contributed by atoms with Crippen LogP contribution in [0, 0.1) is 5.92 Å². The third-order valence-corrected chi connectivity index (χ3v) is 5.41. The van der Waals surface area contributed by atoms with E-state index in [1.165, 1.54) is 0 Å². The Morgan fingerprint density at radius 2 is 2.15 bits per heavy atom. The van der Waals surface area contributed by atoms with Crippen LogP contribution in [0.2, 0.25) is 0 Å². The molecule has 3 atom stereocenters. The minimum absolute atomic E-state index is 0.0522. The number of likely N-dealkylation sites (N-methyl/N-ethyl adjacent to an activating group) is 1. The molecule has 1 saturated carbocycles. The summed E-state index contributed by atoms with van der Waals surface area (Å²) in [7, 11) is 2.04. The van der Waals surface area contributed by atoms with Gasteiger partial charge in [-0.2, -0.15) is 0 Å². The lowest BCUT2D eigenvalue weighted by atomic mass is 9.90. The van der Waals surface area contributed by atoms with Gasteiger partial charge in [-0.25, -0.2) is 0 Å². The zero-order chi connectivity index (χ0) is 14.9. The Hall–Kier alpha value is -0.610. The summed E-state index contributed by atoms with van der Waals surface area (Å²) in [5.74, 6) is 0.894. The van der Waals surface area contributed by atoms with Crippen molar-refractivity contribution in [3.63, 3.8) is 0 Å². The van der Waals surface area contributed by atoms with Crippen LogP contribution in [0.15, 0.2) is 0 Å². The first kappa shape index (κ1) is 15.8. The normalized spacial score (nSPS) is 35.4. The van der Waals surface area contributed by atoms with Crippen LogP contribution < -0.4 is 0 Å². The molecule has 116 valence electrons. The fraction of sp³-hybridized carbons (Fsp3) is 0.938. The molecule has 2 aliphatic rings. The zero-order valence-corrected chi connectivity index (χ0v) is 13.4. The van der Waals surface area contributed by atoms with Gasteiger partial charge in [0.25, 0.3) is 0 Å². The Morgan fingerprint density at radius 3 is 2.65 bits per heavy atom. The summed E-state index contributed by atoms with van der Waals surface area (Å²) in [5, 5.41) is 9.93. The van der Waals surface area contributed by atoms with Crippen LogP contribution in [-0.2, 0) is 4.79 Å². The second-order valence-corrected chi connectivity index (χ2v) is 7.12. The maximum Gasteiger partial charge on any atom is 0.240 e. The summed E-state index contributed by atoms with van der Waals surface area (Å²) >= 11 is 0. The Labute approximate surface area is 123 Å². The van der Waals surface area contributed by atoms with Crippen LogP contribution in [0.3, 0.4) is 0 Å². The van der Waals surface area contributed by atoms with E-state index in [2.05, 4.69) is 25.7 Å². The van der Waals surface area contributed by atoms with Gasteiger partial charge in [-0.05, 0) is 58.9 Å². The van der Waals surface area contributed by atoms with Crippen molar-refractivity contribution in [2.45, 2.75) is 70.5 Å². The number of nitrogens with zero attached hydrogens (tertiary/aromatic N) is 2. The molecule has 1 N–H and O–H groups in total. The molecule has 0 radical (unpaired) electrons. The van der Waals surface area contributed by atoms with Gasteiger partial charge in [0.1, 0.15) is 0 Å². The second kappa shape index (κ2) is 6.02. The van der Waals surface area contributed by atoms with Gasteiger partial charge in [0.2, 0.25) is 5.91 Å². The van der Waals surface area contributed by atoms with Crippen LogP contribution >= 0.6 is 0 Å². The third-order valence-electron chi connectivity index (χ3n) is 5.41. The summed E-state index contributed by atoms with van der Waals surface area (Å²) < 4.78 is 0. The van der Waals surface area contributed by atoms with Gasteiger partial charge >= 0.3 is 0 Å². The van der Waals surface area contributed by atoms with E-state index < -0.39 is 0 Å². The Bertz CT molecular complexity index is 358. The first-order valence-electron chi connectivity index (χ1n) is 8.05. The Morgan fingerprint density at radius 1 is 1.45 bits per heavy atom. The van der Waals surface area contributed by atoms with E-state index in [1.807, 2.05) is 11.9 Å². The first-order valence-corrected chi connectivity index (χ1v) is 8.05. The maximum absolute atomic E-state index is 12.7. The van der Waals surface area contributed by atoms with Gasteiger partial charge in [-0.1, -0.05) is 6.92 Å². The minimum Gasteiger partial charge on any atom is -0.394 e. The predicted molar refractivity (Wildman–Crippen MR) is 80.5 cm³/mol. The van der Waals surface area contributed by atoms with Crippen molar-refractivity contribution in [3.8, 4) is 0 Å². The number of amides is 1. The number of aliphatic hydroxyl groups is 1. The number of likely N-dealkylation sites (tertiary alicyclic amines) is 1. The summed E-state index contributed by atoms with van der Waals surface area (Å²) in [6.07, 6.45) is 5.16. The summed E-state index contributed by atoms with van der Waals surface area (Å²) in [5.41, 5.74) is -0.181. The largest absolute Gasteiger partial charge is 0.394 e. The summed E-state index contributed by atoms with van der Waals surface area (Å²) in [6, 6.07) is 0.217. The number of aliphatic hydroxyl groups excluding tert-OH is 1. The van der Waals surface area contributed by atoms with Gasteiger partial charge < -0.3 is 10.0 Å². The summed E-state index contributed by atoms with van der Waals surface area (Å²) in [6.45, 7) is 7.45. The van der Waals surface area contributed by atoms with E-state index in [-0.39, 0.29) is 30.1 Å². The second-order valence-electron chi connectivity index (χ2n) is 7.12. The van der Waals surface area contributed by atoms with E-state index in [0.29, 0.717) is 5.92 Å². The van der Waals surface area contributed by atoms with Crippen molar-refractivity contribution in [1.29, 1.82) is 0 Å².